The third-order valence-corrected chi connectivity index (χ3v) is 4.75. The van der Waals surface area contributed by atoms with Crippen molar-refractivity contribution < 1.29 is 8.42 Å². The molecule has 0 aliphatic heterocycles. The molecule has 108 valence electrons. The van der Waals surface area contributed by atoms with Crippen LogP contribution in [0.25, 0.3) is 0 Å². The lowest BCUT2D eigenvalue weighted by molar-refractivity contribution is 0.581. The summed E-state index contributed by atoms with van der Waals surface area (Å²) in [4.78, 5) is 0.169. The number of nitrogens with two attached hydrogens (primary N) is 1. The van der Waals surface area contributed by atoms with E-state index in [1.54, 1.807) is 23.0 Å². The lowest BCUT2D eigenvalue weighted by Crippen LogP contribution is -2.23. The van der Waals surface area contributed by atoms with Gasteiger partial charge in [-0.1, -0.05) is 6.07 Å². The van der Waals surface area contributed by atoms with Crippen molar-refractivity contribution in [1.29, 1.82) is 0 Å². The van der Waals surface area contributed by atoms with Crippen molar-refractivity contribution >= 4 is 15.7 Å². The molecule has 0 bridgehead atoms. The predicted molar refractivity (Wildman–Crippen MR) is 77.6 cm³/mol. The molecule has 7 heteroatoms. The summed E-state index contributed by atoms with van der Waals surface area (Å²) in [5.74, 6) is 0. The summed E-state index contributed by atoms with van der Waals surface area (Å²) in [6, 6.07) is 4.71. The average Bonchev–Trinajstić information content (AvgIpc) is 2.71. The Morgan fingerprint density at radius 1 is 1.35 bits per heavy atom. The molecule has 2 rings (SSSR count). The van der Waals surface area contributed by atoms with Crippen LogP contribution in [-0.2, 0) is 23.6 Å². The van der Waals surface area contributed by atoms with Crippen LogP contribution in [0.1, 0.15) is 16.8 Å². The van der Waals surface area contributed by atoms with Gasteiger partial charge in [-0.2, -0.15) is 5.10 Å². The zero-order valence-corrected chi connectivity index (χ0v) is 12.5. The van der Waals surface area contributed by atoms with Crippen LogP contribution in [0.2, 0.25) is 0 Å². The van der Waals surface area contributed by atoms with Crippen LogP contribution in [0.5, 0.6) is 0 Å². The third-order valence-electron chi connectivity index (χ3n) is 3.35. The quantitative estimate of drug-likeness (QED) is 0.826. The molecule has 2 aromatic rings. The molecule has 3 N–H and O–H groups in total. The van der Waals surface area contributed by atoms with E-state index in [1.165, 1.54) is 6.07 Å². The largest absolute Gasteiger partial charge is 0.398 e. The standard InChI is InChI=1S/C13H18N4O2S/c1-9-4-5-12(6-13(9)14)20(18,19)16-8-11-7-15-17(3)10(11)2/h4-7,16H,8,14H2,1-3H3. The van der Waals surface area contributed by atoms with Crippen molar-refractivity contribution in [1.82, 2.24) is 14.5 Å². The number of hydrogen-bond acceptors (Lipinski definition) is 4. The van der Waals surface area contributed by atoms with E-state index in [4.69, 9.17) is 5.73 Å². The number of nitrogen functional groups attached to an aromatic ring is 1. The van der Waals surface area contributed by atoms with Crippen LogP contribution in [0.4, 0.5) is 5.69 Å². The highest BCUT2D eigenvalue weighted by Crippen LogP contribution is 2.17. The number of rotatable bonds is 4. The summed E-state index contributed by atoms with van der Waals surface area (Å²) in [6.07, 6.45) is 1.65. The molecule has 6 nitrogen and oxygen atoms in total. The number of aryl methyl sites for hydroxylation is 2. The van der Waals surface area contributed by atoms with Gasteiger partial charge in [-0.3, -0.25) is 4.68 Å². The third kappa shape index (κ3) is 2.83. The molecule has 0 saturated carbocycles. The Morgan fingerprint density at radius 2 is 2.05 bits per heavy atom. The topological polar surface area (TPSA) is 90.0 Å². The van der Waals surface area contributed by atoms with Gasteiger partial charge in [0.25, 0.3) is 0 Å². The zero-order chi connectivity index (χ0) is 14.9. The fourth-order valence-corrected chi connectivity index (χ4v) is 2.80. The molecule has 0 aliphatic rings. The van der Waals surface area contributed by atoms with Gasteiger partial charge in [0.1, 0.15) is 0 Å². The fourth-order valence-electron chi connectivity index (χ4n) is 1.76. The molecular formula is C13H18N4O2S. The molecule has 1 heterocycles. The maximum atomic E-state index is 12.2. The maximum Gasteiger partial charge on any atom is 0.240 e. The molecule has 0 spiro atoms. The minimum atomic E-state index is -3.57. The SMILES string of the molecule is Cc1ccc(S(=O)(=O)NCc2cnn(C)c2C)cc1N. The molecule has 0 unspecified atom stereocenters. The Balaban J connectivity index is 2.19. The smallest absolute Gasteiger partial charge is 0.240 e. The Morgan fingerprint density at radius 3 is 2.60 bits per heavy atom. The van der Waals surface area contributed by atoms with E-state index < -0.39 is 10.0 Å². The van der Waals surface area contributed by atoms with E-state index in [9.17, 15) is 8.42 Å². The van der Waals surface area contributed by atoms with E-state index in [0.29, 0.717) is 5.69 Å². The molecular weight excluding hydrogens is 276 g/mol. The van der Waals surface area contributed by atoms with Crippen molar-refractivity contribution in [3.8, 4) is 0 Å². The van der Waals surface area contributed by atoms with E-state index >= 15 is 0 Å². The Bertz CT molecular complexity index is 735. The van der Waals surface area contributed by atoms with Gasteiger partial charge in [-0.15, -0.1) is 0 Å². The first-order valence-corrected chi connectivity index (χ1v) is 7.63. The van der Waals surface area contributed by atoms with Crippen molar-refractivity contribution in [2.24, 2.45) is 7.05 Å². The molecule has 0 fully saturated rings. The number of hydrogen-bond donors (Lipinski definition) is 2. The summed E-state index contributed by atoms with van der Waals surface area (Å²) >= 11 is 0. The number of nitrogens with one attached hydrogen (secondary N) is 1. The first-order valence-electron chi connectivity index (χ1n) is 6.14. The van der Waals surface area contributed by atoms with Crippen molar-refractivity contribution in [3.05, 3.63) is 41.2 Å². The molecule has 0 atom stereocenters. The summed E-state index contributed by atoms with van der Waals surface area (Å²) in [6.45, 7) is 3.93. The number of nitrogens with zero attached hydrogens (tertiary/aromatic N) is 2. The van der Waals surface area contributed by atoms with Crippen molar-refractivity contribution in [3.63, 3.8) is 0 Å². The molecule has 0 amide bonds. The Labute approximate surface area is 118 Å². The molecule has 1 aromatic heterocycles. The van der Waals surface area contributed by atoms with Crippen molar-refractivity contribution in [2.45, 2.75) is 25.3 Å². The molecule has 0 aliphatic carbocycles. The van der Waals surface area contributed by atoms with Crippen LogP contribution in [0.3, 0.4) is 0 Å². The van der Waals surface area contributed by atoms with Gasteiger partial charge < -0.3 is 5.73 Å². The Hall–Kier alpha value is -1.86. The van der Waals surface area contributed by atoms with Gasteiger partial charge in [0, 0.05) is 30.5 Å². The zero-order valence-electron chi connectivity index (χ0n) is 11.7. The van der Waals surface area contributed by atoms with Crippen LogP contribution in [0, 0.1) is 13.8 Å². The van der Waals surface area contributed by atoms with Crippen LogP contribution >= 0.6 is 0 Å². The van der Waals surface area contributed by atoms with Gasteiger partial charge in [0.05, 0.1) is 11.1 Å². The average molecular weight is 294 g/mol. The molecule has 1 aromatic carbocycles. The van der Waals surface area contributed by atoms with Crippen LogP contribution in [0.15, 0.2) is 29.3 Å². The van der Waals surface area contributed by atoms with E-state index in [0.717, 1.165) is 16.8 Å². The van der Waals surface area contributed by atoms with E-state index in [-0.39, 0.29) is 11.4 Å². The molecule has 0 radical (unpaired) electrons. The first kappa shape index (κ1) is 14.5. The van der Waals surface area contributed by atoms with Gasteiger partial charge in [-0.25, -0.2) is 13.1 Å². The second-order valence-electron chi connectivity index (χ2n) is 4.72. The summed E-state index contributed by atoms with van der Waals surface area (Å²) < 4.78 is 28.6. The predicted octanol–water partition coefficient (Wildman–Crippen LogP) is 1.10. The maximum absolute atomic E-state index is 12.2. The highest BCUT2D eigenvalue weighted by atomic mass is 32.2. The fraction of sp³-hybridized carbons (Fsp3) is 0.308. The van der Waals surface area contributed by atoms with Gasteiger partial charge in [0.2, 0.25) is 10.0 Å². The van der Waals surface area contributed by atoms with Crippen LogP contribution < -0.4 is 10.5 Å². The first-order chi connectivity index (χ1) is 9.31. The molecule has 20 heavy (non-hydrogen) atoms. The minimum Gasteiger partial charge on any atom is -0.398 e. The minimum absolute atomic E-state index is 0.169. The van der Waals surface area contributed by atoms with Gasteiger partial charge in [-0.05, 0) is 31.5 Å². The lowest BCUT2D eigenvalue weighted by Gasteiger charge is -2.08. The van der Waals surface area contributed by atoms with Crippen LogP contribution in [-0.4, -0.2) is 18.2 Å². The summed E-state index contributed by atoms with van der Waals surface area (Å²) in [5.41, 5.74) is 8.83. The van der Waals surface area contributed by atoms with Gasteiger partial charge in [0.15, 0.2) is 0 Å². The second kappa shape index (κ2) is 5.26. The van der Waals surface area contributed by atoms with E-state index in [1.807, 2.05) is 20.9 Å². The second-order valence-corrected chi connectivity index (χ2v) is 6.49. The Kier molecular flexibility index (Phi) is 3.82. The number of benzene rings is 1. The number of sulfonamides is 1. The van der Waals surface area contributed by atoms with Crippen molar-refractivity contribution in [2.75, 3.05) is 5.73 Å². The monoisotopic (exact) mass is 294 g/mol. The normalized spacial score (nSPS) is 11.8. The highest BCUT2D eigenvalue weighted by molar-refractivity contribution is 7.89. The van der Waals surface area contributed by atoms with Gasteiger partial charge >= 0.3 is 0 Å². The number of aromatic nitrogens is 2. The summed E-state index contributed by atoms with van der Waals surface area (Å²) in [5, 5.41) is 4.08. The molecule has 0 saturated heterocycles. The van der Waals surface area contributed by atoms with E-state index in [2.05, 4.69) is 9.82 Å². The summed E-state index contributed by atoms with van der Waals surface area (Å²) in [7, 11) is -1.76. The number of anilines is 1. The highest BCUT2D eigenvalue weighted by Gasteiger charge is 2.15. The lowest BCUT2D eigenvalue weighted by atomic mass is 10.2.